The van der Waals surface area contributed by atoms with Crippen molar-refractivity contribution in [2.75, 3.05) is 0 Å². The third-order valence-corrected chi connectivity index (χ3v) is 4.92. The summed E-state index contributed by atoms with van der Waals surface area (Å²) in [5, 5.41) is 3.01. The van der Waals surface area contributed by atoms with Crippen LogP contribution in [0.2, 0.25) is 0 Å². The number of hydrogen-bond acceptors (Lipinski definition) is 3. The number of hydrogen-bond donors (Lipinski definition) is 1. The van der Waals surface area contributed by atoms with E-state index in [0.717, 1.165) is 6.07 Å². The molecular formula is C24H18F3N3O. The van der Waals surface area contributed by atoms with Crippen molar-refractivity contribution in [3.8, 4) is 11.1 Å². The number of nitrogens with zero attached hydrogens (tertiary/aromatic N) is 2. The van der Waals surface area contributed by atoms with Crippen LogP contribution in [0.3, 0.4) is 0 Å². The van der Waals surface area contributed by atoms with Gasteiger partial charge in [-0.1, -0.05) is 36.4 Å². The van der Waals surface area contributed by atoms with Crippen molar-refractivity contribution in [3.63, 3.8) is 0 Å². The zero-order chi connectivity index (χ0) is 22.0. The fourth-order valence-corrected chi connectivity index (χ4v) is 3.38. The summed E-state index contributed by atoms with van der Waals surface area (Å²) in [6.45, 7) is 1.83. The molecule has 0 bridgehead atoms. The SMILES string of the molecule is Cc1cc(C(=O)NCc2ccccn2)nc2c(C(F)(F)F)cc(-c3ccccc3)cc12. The average Bonchev–Trinajstić information content (AvgIpc) is 2.77. The molecule has 0 saturated heterocycles. The molecule has 0 fully saturated rings. The van der Waals surface area contributed by atoms with E-state index in [1.54, 1.807) is 67.7 Å². The number of pyridine rings is 2. The quantitative estimate of drug-likeness (QED) is 0.470. The van der Waals surface area contributed by atoms with E-state index in [1.165, 1.54) is 6.07 Å². The molecule has 0 unspecified atom stereocenters. The van der Waals surface area contributed by atoms with Crippen molar-refractivity contribution in [1.82, 2.24) is 15.3 Å². The number of amides is 1. The predicted octanol–water partition coefficient (Wildman–Crippen LogP) is 5.55. The molecule has 31 heavy (non-hydrogen) atoms. The first kappa shape index (κ1) is 20.5. The number of fused-ring (bicyclic) bond motifs is 1. The Morgan fingerprint density at radius 3 is 2.39 bits per heavy atom. The monoisotopic (exact) mass is 421 g/mol. The van der Waals surface area contributed by atoms with Crippen molar-refractivity contribution in [2.45, 2.75) is 19.6 Å². The Morgan fingerprint density at radius 2 is 1.71 bits per heavy atom. The van der Waals surface area contributed by atoms with Crippen LogP contribution >= 0.6 is 0 Å². The van der Waals surface area contributed by atoms with E-state index in [0.29, 0.717) is 27.8 Å². The van der Waals surface area contributed by atoms with Crippen LogP contribution in [-0.2, 0) is 12.7 Å². The minimum Gasteiger partial charge on any atom is -0.345 e. The van der Waals surface area contributed by atoms with Crippen LogP contribution in [0.4, 0.5) is 13.2 Å². The molecule has 7 heteroatoms. The van der Waals surface area contributed by atoms with Gasteiger partial charge in [0.25, 0.3) is 5.91 Å². The lowest BCUT2D eigenvalue weighted by atomic mass is 9.96. The summed E-state index contributed by atoms with van der Waals surface area (Å²) < 4.78 is 41.7. The zero-order valence-electron chi connectivity index (χ0n) is 16.6. The van der Waals surface area contributed by atoms with Crippen molar-refractivity contribution in [2.24, 2.45) is 0 Å². The lowest BCUT2D eigenvalue weighted by Crippen LogP contribution is -2.24. The molecule has 0 aliphatic rings. The van der Waals surface area contributed by atoms with E-state index >= 15 is 0 Å². The van der Waals surface area contributed by atoms with Crippen LogP contribution in [0.1, 0.15) is 27.3 Å². The van der Waals surface area contributed by atoms with Gasteiger partial charge in [-0.25, -0.2) is 4.98 Å². The molecule has 0 aliphatic heterocycles. The van der Waals surface area contributed by atoms with Crippen molar-refractivity contribution >= 4 is 16.8 Å². The summed E-state index contributed by atoms with van der Waals surface area (Å²) in [7, 11) is 0. The fourth-order valence-electron chi connectivity index (χ4n) is 3.38. The highest BCUT2D eigenvalue weighted by Gasteiger charge is 2.34. The molecule has 0 atom stereocenters. The molecule has 4 aromatic rings. The Balaban J connectivity index is 1.77. The van der Waals surface area contributed by atoms with Gasteiger partial charge >= 0.3 is 6.18 Å². The number of benzene rings is 2. The summed E-state index contributed by atoms with van der Waals surface area (Å²) in [6, 6.07) is 18.4. The number of nitrogens with one attached hydrogen (secondary N) is 1. The largest absolute Gasteiger partial charge is 0.418 e. The van der Waals surface area contributed by atoms with Gasteiger partial charge in [0.05, 0.1) is 23.3 Å². The Labute approximate surface area is 176 Å². The predicted molar refractivity (Wildman–Crippen MR) is 112 cm³/mol. The molecule has 156 valence electrons. The fraction of sp³-hybridized carbons (Fsp3) is 0.125. The van der Waals surface area contributed by atoms with Crippen molar-refractivity contribution in [1.29, 1.82) is 0 Å². The molecule has 2 aromatic heterocycles. The maximum Gasteiger partial charge on any atom is 0.418 e. The summed E-state index contributed by atoms with van der Waals surface area (Å²) in [5.41, 5.74) is 1.11. The Morgan fingerprint density at radius 1 is 0.968 bits per heavy atom. The van der Waals surface area contributed by atoms with Crippen LogP contribution in [0.25, 0.3) is 22.0 Å². The standard InChI is InChI=1S/C24H18F3N3O/c1-15-11-21(23(31)29-14-18-9-5-6-10-28-18)30-22-19(15)12-17(13-20(22)24(25,26)27)16-7-3-2-4-8-16/h2-13H,14H2,1H3,(H,29,31). The van der Waals surface area contributed by atoms with Gasteiger partial charge < -0.3 is 5.32 Å². The molecular weight excluding hydrogens is 403 g/mol. The molecule has 1 N–H and O–H groups in total. The van der Waals surface area contributed by atoms with Gasteiger partial charge in [-0.3, -0.25) is 9.78 Å². The summed E-state index contributed by atoms with van der Waals surface area (Å²) in [6.07, 6.45) is -3.02. The number of carbonyl (C=O) groups is 1. The second kappa shape index (κ2) is 8.18. The highest BCUT2D eigenvalue weighted by atomic mass is 19.4. The minimum atomic E-state index is -4.62. The molecule has 2 heterocycles. The molecule has 0 radical (unpaired) electrons. The number of aromatic nitrogens is 2. The second-order valence-corrected chi connectivity index (χ2v) is 7.11. The first-order valence-electron chi connectivity index (χ1n) is 9.59. The molecule has 4 rings (SSSR count). The minimum absolute atomic E-state index is 0.0705. The average molecular weight is 421 g/mol. The lowest BCUT2D eigenvalue weighted by molar-refractivity contribution is -0.136. The topological polar surface area (TPSA) is 54.9 Å². The third kappa shape index (κ3) is 4.40. The molecule has 0 saturated carbocycles. The Bertz CT molecular complexity index is 1240. The smallest absolute Gasteiger partial charge is 0.345 e. The Hall–Kier alpha value is -3.74. The van der Waals surface area contributed by atoms with Crippen LogP contribution in [0.15, 0.2) is 72.9 Å². The van der Waals surface area contributed by atoms with Crippen molar-refractivity contribution < 1.29 is 18.0 Å². The van der Waals surface area contributed by atoms with Gasteiger partial charge in [-0.15, -0.1) is 0 Å². The highest BCUT2D eigenvalue weighted by molar-refractivity contribution is 5.97. The maximum atomic E-state index is 13.9. The van der Waals surface area contributed by atoms with Gasteiger partial charge in [0, 0.05) is 11.6 Å². The van der Waals surface area contributed by atoms with E-state index in [9.17, 15) is 18.0 Å². The van der Waals surface area contributed by atoms with E-state index in [2.05, 4.69) is 15.3 Å². The number of carbonyl (C=O) groups excluding carboxylic acids is 1. The normalized spacial score (nSPS) is 11.5. The van der Waals surface area contributed by atoms with Gasteiger partial charge in [0.1, 0.15) is 5.69 Å². The van der Waals surface area contributed by atoms with Crippen LogP contribution < -0.4 is 5.32 Å². The number of halogens is 3. The van der Waals surface area contributed by atoms with E-state index < -0.39 is 17.6 Å². The van der Waals surface area contributed by atoms with E-state index in [1.807, 2.05) is 0 Å². The second-order valence-electron chi connectivity index (χ2n) is 7.11. The first-order chi connectivity index (χ1) is 14.8. The molecule has 0 spiro atoms. The van der Waals surface area contributed by atoms with Gasteiger partial charge in [-0.2, -0.15) is 13.2 Å². The summed E-state index contributed by atoms with van der Waals surface area (Å²) in [4.78, 5) is 20.8. The molecule has 4 nitrogen and oxygen atoms in total. The molecule has 1 amide bonds. The van der Waals surface area contributed by atoms with Crippen molar-refractivity contribution in [3.05, 3.63) is 95.4 Å². The summed E-state index contributed by atoms with van der Waals surface area (Å²) >= 11 is 0. The highest BCUT2D eigenvalue weighted by Crippen LogP contribution is 2.38. The third-order valence-electron chi connectivity index (χ3n) is 4.92. The first-order valence-corrected chi connectivity index (χ1v) is 9.59. The zero-order valence-corrected chi connectivity index (χ0v) is 16.6. The van der Waals surface area contributed by atoms with Crippen LogP contribution in [0, 0.1) is 6.92 Å². The van der Waals surface area contributed by atoms with Gasteiger partial charge in [0.15, 0.2) is 0 Å². The Kier molecular flexibility index (Phi) is 5.42. The molecule has 2 aromatic carbocycles. The van der Waals surface area contributed by atoms with Gasteiger partial charge in [0.2, 0.25) is 0 Å². The molecule has 0 aliphatic carbocycles. The summed E-state index contributed by atoms with van der Waals surface area (Å²) in [5.74, 6) is -0.559. The maximum absolute atomic E-state index is 13.9. The van der Waals surface area contributed by atoms with Crippen LogP contribution in [0.5, 0.6) is 0 Å². The van der Waals surface area contributed by atoms with Crippen LogP contribution in [-0.4, -0.2) is 15.9 Å². The number of alkyl halides is 3. The van der Waals surface area contributed by atoms with Gasteiger partial charge in [-0.05, 0) is 53.9 Å². The lowest BCUT2D eigenvalue weighted by Gasteiger charge is -2.15. The number of rotatable bonds is 4. The number of aryl methyl sites for hydroxylation is 1. The van der Waals surface area contributed by atoms with E-state index in [-0.39, 0.29) is 17.8 Å². The van der Waals surface area contributed by atoms with E-state index in [4.69, 9.17) is 0 Å².